The van der Waals surface area contributed by atoms with Crippen LogP contribution < -0.4 is 0 Å². The molecule has 0 radical (unpaired) electrons. The Morgan fingerprint density at radius 2 is 0.914 bits per heavy atom. The minimum atomic E-state index is -0.621. The van der Waals surface area contributed by atoms with Gasteiger partial charge in [0.1, 0.15) is 11.2 Å². The van der Waals surface area contributed by atoms with Gasteiger partial charge in [0.15, 0.2) is 0 Å². The fourth-order valence-corrected chi connectivity index (χ4v) is 7.05. The lowest BCUT2D eigenvalue weighted by atomic mass is 10.0. The number of nitrogens with zero attached hydrogens (tertiary/aromatic N) is 6. The summed E-state index contributed by atoms with van der Waals surface area (Å²) in [4.78, 5) is 42.4. The van der Waals surface area contributed by atoms with Crippen molar-refractivity contribution in [1.82, 2.24) is 29.1 Å². The molecular weight excluding hydrogens is 771 g/mol. The third-order valence-electron chi connectivity index (χ3n) is 8.90. The number of fused-ring (bicyclic) bond motifs is 2. The zero-order chi connectivity index (χ0) is 41.2. The molecule has 10 nitrogen and oxygen atoms in total. The van der Waals surface area contributed by atoms with E-state index in [1.54, 1.807) is 64.8 Å². The zero-order valence-electron chi connectivity index (χ0n) is 32.8. The Hall–Kier alpha value is -6.36. The van der Waals surface area contributed by atoms with E-state index in [9.17, 15) is 9.59 Å². The van der Waals surface area contributed by atoms with Crippen LogP contribution in [0.15, 0.2) is 135 Å². The van der Waals surface area contributed by atoms with E-state index in [0.717, 1.165) is 49.8 Å². The Bertz CT molecular complexity index is 2670. The predicted molar refractivity (Wildman–Crippen MR) is 230 cm³/mol. The van der Waals surface area contributed by atoms with Crippen molar-refractivity contribution < 1.29 is 19.1 Å². The van der Waals surface area contributed by atoms with Crippen LogP contribution in [0.4, 0.5) is 9.59 Å². The van der Waals surface area contributed by atoms with Gasteiger partial charge in [-0.1, -0.05) is 29.3 Å². The van der Waals surface area contributed by atoms with Gasteiger partial charge in [-0.25, -0.2) is 18.7 Å². The summed E-state index contributed by atoms with van der Waals surface area (Å²) in [6.07, 6.45) is 12.8. The van der Waals surface area contributed by atoms with Gasteiger partial charge in [0.05, 0.1) is 32.5 Å². The number of benzene rings is 2. The summed E-state index contributed by atoms with van der Waals surface area (Å²) in [5, 5.41) is 2.79. The van der Waals surface area contributed by atoms with Crippen LogP contribution in [-0.4, -0.2) is 52.5 Å². The maximum Gasteiger partial charge on any atom is 0.419 e. The molecule has 292 valence electrons. The Labute approximate surface area is 346 Å². The first-order valence-electron chi connectivity index (χ1n) is 18.5. The van der Waals surface area contributed by atoms with Gasteiger partial charge in [0, 0.05) is 82.6 Å². The second kappa shape index (κ2) is 16.2. The summed E-state index contributed by atoms with van der Waals surface area (Å²) in [6.45, 7) is 11.1. The van der Waals surface area contributed by atoms with Crippen molar-refractivity contribution in [2.45, 2.75) is 52.7 Å². The number of pyridine rings is 4. The number of carbonyl (C=O) groups is 2. The highest BCUT2D eigenvalue weighted by atomic mass is 35.5. The Morgan fingerprint density at radius 1 is 0.500 bits per heavy atom. The summed E-state index contributed by atoms with van der Waals surface area (Å²) in [5.74, 6) is 0. The summed E-state index contributed by atoms with van der Waals surface area (Å²) < 4.78 is 14.5. The van der Waals surface area contributed by atoms with Crippen LogP contribution in [0, 0.1) is 0 Å². The van der Waals surface area contributed by atoms with E-state index >= 15 is 0 Å². The maximum atomic E-state index is 13.1. The first-order chi connectivity index (χ1) is 27.7. The van der Waals surface area contributed by atoms with Crippen LogP contribution in [0.25, 0.3) is 66.6 Å². The molecule has 8 aromatic rings. The van der Waals surface area contributed by atoms with Gasteiger partial charge in [-0.3, -0.25) is 19.9 Å². The van der Waals surface area contributed by atoms with Crippen LogP contribution >= 0.6 is 23.2 Å². The molecule has 0 bridgehead atoms. The van der Waals surface area contributed by atoms with Gasteiger partial charge in [-0.15, -0.1) is 0 Å². The van der Waals surface area contributed by atoms with Crippen LogP contribution in [0.1, 0.15) is 41.5 Å². The first-order valence-corrected chi connectivity index (χ1v) is 19.2. The number of hydrogen-bond acceptors (Lipinski definition) is 8. The highest BCUT2D eigenvalue weighted by molar-refractivity contribution is 6.38. The minimum Gasteiger partial charge on any atom is -0.443 e. The van der Waals surface area contributed by atoms with Crippen molar-refractivity contribution in [3.63, 3.8) is 0 Å². The Morgan fingerprint density at radius 3 is 1.38 bits per heavy atom. The molecular formula is C46H40Cl2N6O4. The van der Waals surface area contributed by atoms with Gasteiger partial charge in [-0.2, -0.15) is 0 Å². The molecule has 0 saturated heterocycles. The van der Waals surface area contributed by atoms with Gasteiger partial charge < -0.3 is 9.47 Å². The number of halogens is 2. The average molecular weight is 812 g/mol. The lowest BCUT2D eigenvalue weighted by Crippen LogP contribution is -2.27. The Balaban J connectivity index is 0.000000177. The normalized spacial score (nSPS) is 11.6. The molecule has 0 aliphatic rings. The Kier molecular flexibility index (Phi) is 11.2. The molecule has 6 heterocycles. The second-order valence-electron chi connectivity index (χ2n) is 15.4. The largest absolute Gasteiger partial charge is 0.443 e. The standard InChI is InChI=1S/2C23H20ClN3O2/c1-23(2,3)29-22(28)27-20(16-6-10-26-11-7-16)13-17-12-18(19(24)14-21(17)27)15-4-8-25-9-5-15;1-23(2,3)29-22(28)27-19-5-4-17(15-6-10-25-11-7-15)21(24)18(19)14-20(27)16-8-12-26-13-9-16/h2*4-14H,1-3H3. The molecule has 0 saturated carbocycles. The maximum absolute atomic E-state index is 13.1. The number of hydrogen-bond donors (Lipinski definition) is 0. The molecule has 0 spiro atoms. The molecule has 0 amide bonds. The molecule has 2 aromatic carbocycles. The third kappa shape index (κ3) is 8.63. The highest BCUT2D eigenvalue weighted by Gasteiger charge is 2.26. The van der Waals surface area contributed by atoms with Crippen LogP contribution in [0.5, 0.6) is 0 Å². The molecule has 0 N–H and O–H groups in total. The molecule has 0 aliphatic heterocycles. The number of carbonyl (C=O) groups excluding carboxylic acids is 2. The topological polar surface area (TPSA) is 114 Å². The molecule has 58 heavy (non-hydrogen) atoms. The van der Waals surface area contributed by atoms with E-state index in [1.807, 2.05) is 120 Å². The second-order valence-corrected chi connectivity index (χ2v) is 16.2. The van der Waals surface area contributed by atoms with Crippen molar-refractivity contribution in [1.29, 1.82) is 0 Å². The molecule has 6 aromatic heterocycles. The van der Waals surface area contributed by atoms with Crippen molar-refractivity contribution in [3.05, 3.63) is 145 Å². The van der Waals surface area contributed by atoms with E-state index in [2.05, 4.69) is 19.9 Å². The van der Waals surface area contributed by atoms with E-state index in [0.29, 0.717) is 26.8 Å². The van der Waals surface area contributed by atoms with Crippen molar-refractivity contribution in [3.8, 4) is 44.8 Å². The fourth-order valence-electron chi connectivity index (χ4n) is 6.46. The highest BCUT2D eigenvalue weighted by Crippen LogP contribution is 2.39. The molecule has 0 atom stereocenters. The van der Waals surface area contributed by atoms with Gasteiger partial charge in [0.2, 0.25) is 0 Å². The van der Waals surface area contributed by atoms with Crippen molar-refractivity contribution in [2.75, 3.05) is 0 Å². The van der Waals surface area contributed by atoms with Crippen LogP contribution in [0.2, 0.25) is 10.0 Å². The lowest BCUT2D eigenvalue weighted by molar-refractivity contribution is 0.0535. The van der Waals surface area contributed by atoms with Crippen molar-refractivity contribution >= 4 is 57.2 Å². The smallest absolute Gasteiger partial charge is 0.419 e. The fraction of sp³-hybridized carbons (Fsp3) is 0.174. The molecule has 8 rings (SSSR count). The minimum absolute atomic E-state index is 0.452. The number of aromatic nitrogens is 6. The molecule has 0 aliphatic carbocycles. The molecule has 12 heteroatoms. The van der Waals surface area contributed by atoms with E-state index < -0.39 is 23.4 Å². The van der Waals surface area contributed by atoms with E-state index in [-0.39, 0.29) is 0 Å². The monoisotopic (exact) mass is 810 g/mol. The van der Waals surface area contributed by atoms with Crippen molar-refractivity contribution in [2.24, 2.45) is 0 Å². The summed E-state index contributed by atoms with van der Waals surface area (Å²) in [5.41, 5.74) is 6.95. The van der Waals surface area contributed by atoms with E-state index in [1.165, 1.54) is 0 Å². The summed E-state index contributed by atoms with van der Waals surface area (Å²) in [7, 11) is 0. The average Bonchev–Trinajstić information content (AvgIpc) is 3.78. The first kappa shape index (κ1) is 39.9. The quantitative estimate of drug-likeness (QED) is 0.173. The lowest BCUT2D eigenvalue weighted by Gasteiger charge is -2.21. The third-order valence-corrected chi connectivity index (χ3v) is 9.62. The summed E-state index contributed by atoms with van der Waals surface area (Å²) >= 11 is 13.4. The predicted octanol–water partition coefficient (Wildman–Crippen LogP) is 12.4. The SMILES string of the molecule is CC(C)(C)OC(=O)n1c(-c2ccncc2)cc2c(Cl)c(-c3ccncc3)ccc21.CC(C)(C)OC(=O)n1c(-c2ccncc2)cc2cc(-c3ccncc3)c(Cl)cc21. The van der Waals surface area contributed by atoms with Crippen LogP contribution in [0.3, 0.4) is 0 Å². The van der Waals surface area contributed by atoms with E-state index in [4.69, 9.17) is 32.7 Å². The zero-order valence-corrected chi connectivity index (χ0v) is 34.3. The van der Waals surface area contributed by atoms with Crippen LogP contribution in [-0.2, 0) is 9.47 Å². The van der Waals surface area contributed by atoms with Gasteiger partial charge in [-0.05, 0) is 132 Å². The van der Waals surface area contributed by atoms with Gasteiger partial charge >= 0.3 is 12.2 Å². The molecule has 0 fully saturated rings. The van der Waals surface area contributed by atoms with Gasteiger partial charge in [0.25, 0.3) is 0 Å². The number of ether oxygens (including phenoxy) is 2. The molecule has 0 unspecified atom stereocenters. The summed E-state index contributed by atoms with van der Waals surface area (Å²) in [6, 6.07) is 26.5. The number of rotatable bonds is 4.